The van der Waals surface area contributed by atoms with Crippen molar-refractivity contribution in [3.63, 3.8) is 0 Å². The van der Waals surface area contributed by atoms with E-state index in [1.54, 1.807) is 0 Å². The van der Waals surface area contributed by atoms with Crippen LogP contribution in [0.15, 0.2) is 18.2 Å². The Bertz CT molecular complexity index is 567. The molecule has 0 spiro atoms. The molecular weight excluding hydrogens is 270 g/mol. The summed E-state index contributed by atoms with van der Waals surface area (Å²) in [6, 6.07) is 6.03. The summed E-state index contributed by atoms with van der Waals surface area (Å²) in [6.07, 6.45) is 4.04. The first-order valence-corrected chi connectivity index (χ1v) is 8.40. The fraction of sp³-hybridized carbons (Fsp3) is 0.533. The first-order valence-electron chi connectivity index (χ1n) is 7.01. The average Bonchev–Trinajstić information content (AvgIpc) is 2.79. The Hall–Kier alpha value is -1.20. The van der Waals surface area contributed by atoms with Crippen LogP contribution in [0.25, 0.3) is 11.0 Å². The number of hydrogen-bond donors (Lipinski definition) is 1. The van der Waals surface area contributed by atoms with E-state index < -0.39 is 0 Å². The van der Waals surface area contributed by atoms with Gasteiger partial charge in [-0.1, -0.05) is 6.92 Å². The molecule has 1 unspecified atom stereocenters. The normalized spacial score (nSPS) is 12.8. The van der Waals surface area contributed by atoms with Gasteiger partial charge in [0.15, 0.2) is 0 Å². The fourth-order valence-electron chi connectivity index (χ4n) is 2.21. The van der Waals surface area contributed by atoms with E-state index >= 15 is 0 Å². The molecule has 0 bridgehead atoms. The molecule has 0 aliphatic carbocycles. The maximum atomic E-state index is 6.24. The third-order valence-corrected chi connectivity index (χ3v) is 3.97. The smallest absolute Gasteiger partial charge is 0.126 e. The fourth-order valence-corrected chi connectivity index (χ4v) is 2.70. The number of nitrogens with zero attached hydrogens (tertiary/aromatic N) is 2. The number of benzene rings is 1. The van der Waals surface area contributed by atoms with Crippen LogP contribution in [-0.4, -0.2) is 28.2 Å². The largest absolute Gasteiger partial charge is 0.494 e. The molecule has 1 heterocycles. The summed E-state index contributed by atoms with van der Waals surface area (Å²) >= 11 is 1.81. The highest BCUT2D eigenvalue weighted by atomic mass is 32.2. The molecule has 4 nitrogen and oxygen atoms in total. The van der Waals surface area contributed by atoms with Crippen LogP contribution in [0.4, 0.5) is 0 Å². The predicted molar refractivity (Wildman–Crippen MR) is 86.4 cm³/mol. The van der Waals surface area contributed by atoms with Crippen molar-refractivity contribution in [1.82, 2.24) is 9.55 Å². The summed E-state index contributed by atoms with van der Waals surface area (Å²) < 4.78 is 7.74. The number of aromatic nitrogens is 2. The van der Waals surface area contributed by atoms with Gasteiger partial charge >= 0.3 is 0 Å². The van der Waals surface area contributed by atoms with Gasteiger partial charge in [-0.2, -0.15) is 11.8 Å². The summed E-state index contributed by atoms with van der Waals surface area (Å²) in [7, 11) is 2.02. The zero-order chi connectivity index (χ0) is 14.5. The highest BCUT2D eigenvalue weighted by molar-refractivity contribution is 7.98. The van der Waals surface area contributed by atoms with Crippen LogP contribution >= 0.6 is 11.8 Å². The lowest BCUT2D eigenvalue weighted by Crippen LogP contribution is -2.16. The van der Waals surface area contributed by atoms with Crippen molar-refractivity contribution in [3.05, 3.63) is 24.0 Å². The van der Waals surface area contributed by atoms with Crippen molar-refractivity contribution in [1.29, 1.82) is 0 Å². The molecule has 2 aromatic rings. The lowest BCUT2D eigenvalue weighted by molar-refractivity contribution is 0.318. The van der Waals surface area contributed by atoms with Crippen LogP contribution in [0.2, 0.25) is 0 Å². The van der Waals surface area contributed by atoms with E-state index in [1.807, 2.05) is 30.9 Å². The molecule has 0 amide bonds. The van der Waals surface area contributed by atoms with Crippen molar-refractivity contribution in [3.8, 4) is 5.75 Å². The average molecular weight is 293 g/mol. The molecule has 2 rings (SSSR count). The van der Waals surface area contributed by atoms with Crippen LogP contribution in [0.1, 0.15) is 31.6 Å². The Morgan fingerprint density at radius 2 is 2.25 bits per heavy atom. The molecule has 0 aliphatic heterocycles. The molecule has 20 heavy (non-hydrogen) atoms. The molecule has 110 valence electrons. The zero-order valence-corrected chi connectivity index (χ0v) is 13.2. The third-order valence-electron chi connectivity index (χ3n) is 3.32. The minimum Gasteiger partial charge on any atom is -0.494 e. The number of thioether (sulfide) groups is 1. The van der Waals surface area contributed by atoms with Gasteiger partial charge in [0.2, 0.25) is 0 Å². The van der Waals surface area contributed by atoms with Crippen LogP contribution < -0.4 is 10.5 Å². The molecule has 2 N–H and O–H groups in total. The lowest BCUT2D eigenvalue weighted by Gasteiger charge is -2.10. The van der Waals surface area contributed by atoms with Crippen LogP contribution in [-0.2, 0) is 7.05 Å². The maximum absolute atomic E-state index is 6.24. The number of nitrogens with two attached hydrogens (primary N) is 1. The van der Waals surface area contributed by atoms with Crippen molar-refractivity contribution in [2.75, 3.05) is 18.6 Å². The summed E-state index contributed by atoms with van der Waals surface area (Å²) in [5.41, 5.74) is 8.29. The molecule has 0 radical (unpaired) electrons. The highest BCUT2D eigenvalue weighted by Gasteiger charge is 2.15. The van der Waals surface area contributed by atoms with Crippen molar-refractivity contribution in [2.45, 2.75) is 25.8 Å². The summed E-state index contributed by atoms with van der Waals surface area (Å²) in [5.74, 6) is 2.87. The summed E-state index contributed by atoms with van der Waals surface area (Å²) in [4.78, 5) is 4.68. The van der Waals surface area contributed by atoms with E-state index in [0.29, 0.717) is 0 Å². The van der Waals surface area contributed by atoms with Gasteiger partial charge in [-0.05, 0) is 37.0 Å². The Balaban J connectivity index is 2.26. The van der Waals surface area contributed by atoms with Gasteiger partial charge in [-0.25, -0.2) is 4.98 Å². The molecule has 0 saturated carbocycles. The molecule has 1 aromatic heterocycles. The van der Waals surface area contributed by atoms with Crippen LogP contribution in [0.3, 0.4) is 0 Å². The number of aryl methyl sites for hydroxylation is 1. The lowest BCUT2D eigenvalue weighted by atomic mass is 10.2. The minimum absolute atomic E-state index is 0.0140. The second-order valence-electron chi connectivity index (χ2n) is 4.92. The molecule has 0 aliphatic rings. The van der Waals surface area contributed by atoms with Gasteiger partial charge in [0, 0.05) is 13.1 Å². The zero-order valence-electron chi connectivity index (χ0n) is 12.4. The quantitative estimate of drug-likeness (QED) is 0.852. The summed E-state index contributed by atoms with van der Waals surface area (Å²) in [6.45, 7) is 2.83. The highest BCUT2D eigenvalue weighted by Crippen LogP contribution is 2.24. The Morgan fingerprint density at radius 3 is 2.95 bits per heavy atom. The maximum Gasteiger partial charge on any atom is 0.126 e. The second-order valence-corrected chi connectivity index (χ2v) is 5.90. The van der Waals surface area contributed by atoms with Gasteiger partial charge < -0.3 is 15.0 Å². The Kier molecular flexibility index (Phi) is 5.31. The standard InChI is InChI=1S/C15H23N3OS/c1-4-8-19-11-5-6-14-13(10-11)17-15(18(14)2)12(16)7-9-20-3/h5-6,10,12H,4,7-9,16H2,1-3H3. The minimum atomic E-state index is -0.0140. The van der Waals surface area contributed by atoms with Crippen molar-refractivity contribution >= 4 is 22.8 Å². The van der Waals surface area contributed by atoms with E-state index in [0.717, 1.165) is 47.8 Å². The number of rotatable bonds is 7. The SMILES string of the molecule is CCCOc1ccc2c(c1)nc(C(N)CCSC)n2C. The number of fused-ring (bicyclic) bond motifs is 1. The van der Waals surface area contributed by atoms with Crippen LogP contribution in [0, 0.1) is 0 Å². The van der Waals surface area contributed by atoms with Crippen molar-refractivity contribution in [2.24, 2.45) is 12.8 Å². The van der Waals surface area contributed by atoms with Crippen LogP contribution in [0.5, 0.6) is 5.75 Å². The molecule has 5 heteroatoms. The van der Waals surface area contributed by atoms with E-state index in [1.165, 1.54) is 0 Å². The van der Waals surface area contributed by atoms with Gasteiger partial charge in [-0.15, -0.1) is 0 Å². The van der Waals surface area contributed by atoms with E-state index in [4.69, 9.17) is 10.5 Å². The number of ether oxygens (including phenoxy) is 1. The molecule has 1 atom stereocenters. The summed E-state index contributed by atoms with van der Waals surface area (Å²) in [5, 5.41) is 0. The predicted octanol–water partition coefficient (Wildman–Crippen LogP) is 3.12. The van der Waals surface area contributed by atoms with Gasteiger partial charge in [-0.3, -0.25) is 0 Å². The Morgan fingerprint density at radius 1 is 1.45 bits per heavy atom. The Labute approximate surface area is 124 Å². The van der Waals surface area contributed by atoms with E-state index in [-0.39, 0.29) is 6.04 Å². The van der Waals surface area contributed by atoms with Gasteiger partial charge in [0.1, 0.15) is 11.6 Å². The first-order chi connectivity index (χ1) is 9.67. The third kappa shape index (κ3) is 3.27. The topological polar surface area (TPSA) is 53.1 Å². The second kappa shape index (κ2) is 6.99. The monoisotopic (exact) mass is 293 g/mol. The first kappa shape index (κ1) is 15.2. The molecule has 0 saturated heterocycles. The molecule has 1 aromatic carbocycles. The number of imidazole rings is 1. The van der Waals surface area contributed by atoms with E-state index in [2.05, 4.69) is 28.8 Å². The van der Waals surface area contributed by atoms with Crippen molar-refractivity contribution < 1.29 is 4.74 Å². The van der Waals surface area contributed by atoms with Gasteiger partial charge in [0.25, 0.3) is 0 Å². The number of hydrogen-bond acceptors (Lipinski definition) is 4. The molecular formula is C15H23N3OS. The van der Waals surface area contributed by atoms with E-state index in [9.17, 15) is 0 Å². The van der Waals surface area contributed by atoms with Gasteiger partial charge in [0.05, 0.1) is 23.7 Å². The molecule has 0 fully saturated rings.